The van der Waals surface area contributed by atoms with Gasteiger partial charge in [-0.2, -0.15) is 0 Å². The number of H-pyrrole nitrogens is 1. The second-order valence-corrected chi connectivity index (χ2v) is 3.79. The van der Waals surface area contributed by atoms with Crippen LogP contribution in [0.25, 0.3) is 10.9 Å². The van der Waals surface area contributed by atoms with Crippen LogP contribution in [-0.4, -0.2) is 11.3 Å². The first kappa shape index (κ1) is 9.00. The third-order valence-electron chi connectivity index (χ3n) is 2.59. The molecule has 2 rings (SSSR count). The van der Waals surface area contributed by atoms with E-state index < -0.39 is 0 Å². The van der Waals surface area contributed by atoms with E-state index in [0.717, 1.165) is 34.0 Å². The fourth-order valence-corrected chi connectivity index (χ4v) is 2.03. The van der Waals surface area contributed by atoms with Crippen LogP contribution in [-0.2, 0) is 0 Å². The maximum Gasteiger partial charge on any atom is 0.152 e. The summed E-state index contributed by atoms with van der Waals surface area (Å²) in [7, 11) is 0. The molecule has 14 heavy (non-hydrogen) atoms. The number of fused-ring (bicyclic) bond motifs is 1. The van der Waals surface area contributed by atoms with E-state index in [1.54, 1.807) is 0 Å². The predicted octanol–water partition coefficient (Wildman–Crippen LogP) is 2.91. The zero-order chi connectivity index (χ0) is 10.3. The molecular weight excluding hydrogens is 174 g/mol. The lowest BCUT2D eigenvalue weighted by atomic mass is 10.0. The Morgan fingerprint density at radius 3 is 2.57 bits per heavy atom. The number of hydrogen-bond acceptors (Lipinski definition) is 1. The Labute approximate surface area is 82.9 Å². The number of benzene rings is 1. The average molecular weight is 187 g/mol. The van der Waals surface area contributed by atoms with Crippen molar-refractivity contribution in [2.24, 2.45) is 0 Å². The number of nitrogens with one attached hydrogen (secondary N) is 1. The second-order valence-electron chi connectivity index (χ2n) is 3.79. The fourth-order valence-electron chi connectivity index (χ4n) is 2.03. The van der Waals surface area contributed by atoms with E-state index in [9.17, 15) is 4.79 Å². The van der Waals surface area contributed by atoms with Crippen LogP contribution in [0.3, 0.4) is 0 Å². The first-order valence-corrected chi connectivity index (χ1v) is 4.68. The molecule has 0 aliphatic rings. The van der Waals surface area contributed by atoms with Crippen molar-refractivity contribution in [3.63, 3.8) is 0 Å². The highest BCUT2D eigenvalue weighted by molar-refractivity contribution is 6.00. The van der Waals surface area contributed by atoms with Crippen LogP contribution >= 0.6 is 0 Å². The summed E-state index contributed by atoms with van der Waals surface area (Å²) in [6.45, 7) is 6.03. The Balaban J connectivity index is 2.95. The third-order valence-corrected chi connectivity index (χ3v) is 2.59. The molecule has 0 spiro atoms. The molecule has 0 unspecified atom stereocenters. The van der Waals surface area contributed by atoms with Gasteiger partial charge in [0.2, 0.25) is 0 Å². The summed E-state index contributed by atoms with van der Waals surface area (Å²) in [6, 6.07) is 4.17. The van der Waals surface area contributed by atoms with E-state index in [1.165, 1.54) is 5.56 Å². The molecule has 2 heteroatoms. The summed E-state index contributed by atoms with van der Waals surface area (Å²) in [5.74, 6) is 0. The molecule has 1 heterocycles. The van der Waals surface area contributed by atoms with Crippen molar-refractivity contribution in [2.45, 2.75) is 20.8 Å². The van der Waals surface area contributed by atoms with Gasteiger partial charge in [-0.1, -0.05) is 6.07 Å². The van der Waals surface area contributed by atoms with Gasteiger partial charge in [-0.05, 0) is 38.0 Å². The third kappa shape index (κ3) is 1.15. The lowest BCUT2D eigenvalue weighted by molar-refractivity contribution is 0.112. The molecule has 2 nitrogen and oxygen atoms in total. The molecule has 0 saturated carbocycles. The molecule has 0 saturated heterocycles. The van der Waals surface area contributed by atoms with E-state index in [-0.39, 0.29) is 0 Å². The minimum Gasteiger partial charge on any atom is -0.358 e. The van der Waals surface area contributed by atoms with Crippen LogP contribution in [0.2, 0.25) is 0 Å². The Bertz CT molecular complexity index is 509. The molecule has 0 radical (unpaired) electrons. The molecule has 1 aromatic heterocycles. The predicted molar refractivity (Wildman–Crippen MR) is 57.9 cm³/mol. The smallest absolute Gasteiger partial charge is 0.152 e. The van der Waals surface area contributed by atoms with E-state index in [0.29, 0.717) is 0 Å². The largest absolute Gasteiger partial charge is 0.358 e. The van der Waals surface area contributed by atoms with Crippen LogP contribution in [0.5, 0.6) is 0 Å². The van der Waals surface area contributed by atoms with E-state index in [2.05, 4.69) is 24.0 Å². The normalized spacial score (nSPS) is 10.8. The number of carbonyl (C=O) groups excluding carboxylic acids is 1. The molecule has 2 aromatic rings. The van der Waals surface area contributed by atoms with Crippen molar-refractivity contribution in [3.05, 3.63) is 34.5 Å². The number of aromatic amines is 1. The summed E-state index contributed by atoms with van der Waals surface area (Å²) in [5.41, 5.74) is 5.17. The maximum atomic E-state index is 10.9. The monoisotopic (exact) mass is 187 g/mol. The molecule has 0 aliphatic carbocycles. The minimum atomic E-state index is 0.789. The minimum absolute atomic E-state index is 0.789. The van der Waals surface area contributed by atoms with E-state index in [4.69, 9.17) is 0 Å². The maximum absolute atomic E-state index is 10.9. The van der Waals surface area contributed by atoms with Crippen molar-refractivity contribution >= 4 is 17.2 Å². The van der Waals surface area contributed by atoms with E-state index >= 15 is 0 Å². The molecule has 0 fully saturated rings. The van der Waals surface area contributed by atoms with Crippen molar-refractivity contribution in [1.29, 1.82) is 0 Å². The number of aryl methyl sites for hydroxylation is 3. The van der Waals surface area contributed by atoms with Crippen molar-refractivity contribution in [3.8, 4) is 0 Å². The fraction of sp³-hybridized carbons (Fsp3) is 0.250. The lowest BCUT2D eigenvalue weighted by Gasteiger charge is -1.99. The van der Waals surface area contributed by atoms with Gasteiger partial charge in [-0.15, -0.1) is 0 Å². The number of carbonyl (C=O) groups is 1. The Hall–Kier alpha value is -1.57. The van der Waals surface area contributed by atoms with Crippen LogP contribution in [0.4, 0.5) is 0 Å². The van der Waals surface area contributed by atoms with Gasteiger partial charge < -0.3 is 4.98 Å². The van der Waals surface area contributed by atoms with Crippen molar-refractivity contribution < 1.29 is 4.79 Å². The number of hydrogen-bond donors (Lipinski definition) is 1. The Morgan fingerprint density at radius 2 is 1.93 bits per heavy atom. The van der Waals surface area contributed by atoms with Crippen LogP contribution in [0.1, 0.15) is 27.2 Å². The quantitative estimate of drug-likeness (QED) is 0.684. The Morgan fingerprint density at radius 1 is 1.21 bits per heavy atom. The molecule has 0 aliphatic heterocycles. The van der Waals surface area contributed by atoms with Gasteiger partial charge in [0.1, 0.15) is 0 Å². The second kappa shape index (κ2) is 2.98. The van der Waals surface area contributed by atoms with Gasteiger partial charge in [0, 0.05) is 22.2 Å². The number of aromatic nitrogens is 1. The van der Waals surface area contributed by atoms with Crippen LogP contribution in [0.15, 0.2) is 12.1 Å². The lowest BCUT2D eigenvalue weighted by Crippen LogP contribution is -1.83. The average Bonchev–Trinajstić information content (AvgIpc) is 2.40. The molecule has 0 amide bonds. The standard InChI is InChI=1S/C12H13NO/c1-7-4-8(2)12-10(6-14)9(3)13-11(12)5-7/h4-6,13H,1-3H3. The van der Waals surface area contributed by atoms with Crippen LogP contribution < -0.4 is 0 Å². The molecule has 1 aromatic carbocycles. The first-order chi connectivity index (χ1) is 6.63. The summed E-state index contributed by atoms with van der Waals surface area (Å²) < 4.78 is 0. The van der Waals surface area contributed by atoms with Crippen LogP contribution in [0, 0.1) is 20.8 Å². The number of aldehydes is 1. The SMILES string of the molecule is Cc1cc(C)c2c(C=O)c(C)[nH]c2c1. The molecule has 72 valence electrons. The van der Waals surface area contributed by atoms with Gasteiger partial charge in [-0.3, -0.25) is 4.79 Å². The summed E-state index contributed by atoms with van der Waals surface area (Å²) in [5, 5.41) is 1.06. The number of rotatable bonds is 1. The molecule has 0 atom stereocenters. The van der Waals surface area contributed by atoms with Gasteiger partial charge in [-0.25, -0.2) is 0 Å². The summed E-state index contributed by atoms with van der Waals surface area (Å²) in [6.07, 6.45) is 0.927. The van der Waals surface area contributed by atoms with E-state index in [1.807, 2.05) is 13.8 Å². The van der Waals surface area contributed by atoms with Gasteiger partial charge in [0.25, 0.3) is 0 Å². The highest BCUT2D eigenvalue weighted by atomic mass is 16.1. The van der Waals surface area contributed by atoms with Crippen molar-refractivity contribution in [2.75, 3.05) is 0 Å². The zero-order valence-electron chi connectivity index (χ0n) is 8.64. The topological polar surface area (TPSA) is 32.9 Å². The molecule has 1 N–H and O–H groups in total. The highest BCUT2D eigenvalue weighted by Gasteiger charge is 2.09. The van der Waals surface area contributed by atoms with Crippen molar-refractivity contribution in [1.82, 2.24) is 4.98 Å². The Kier molecular flexibility index (Phi) is 1.92. The zero-order valence-corrected chi connectivity index (χ0v) is 8.64. The first-order valence-electron chi connectivity index (χ1n) is 4.68. The summed E-state index contributed by atoms with van der Waals surface area (Å²) >= 11 is 0. The van der Waals surface area contributed by atoms with Gasteiger partial charge in [0.15, 0.2) is 6.29 Å². The molecule has 0 bridgehead atoms. The summed E-state index contributed by atoms with van der Waals surface area (Å²) in [4.78, 5) is 14.1. The molecular formula is C12H13NO. The van der Waals surface area contributed by atoms with Gasteiger partial charge >= 0.3 is 0 Å². The van der Waals surface area contributed by atoms with Gasteiger partial charge in [0.05, 0.1) is 0 Å². The highest BCUT2D eigenvalue weighted by Crippen LogP contribution is 2.25.